The molecule has 2 aliphatic heterocycles. The smallest absolute Gasteiger partial charge is 0.251 e. The third-order valence-electron chi connectivity index (χ3n) is 5.12. The van der Waals surface area contributed by atoms with E-state index < -0.39 is 0 Å². The van der Waals surface area contributed by atoms with E-state index in [2.05, 4.69) is 10.2 Å². The van der Waals surface area contributed by atoms with Crippen molar-refractivity contribution in [3.05, 3.63) is 35.6 Å². The fraction of sp³-hybridized carbons (Fsp3) is 0.600. The van der Waals surface area contributed by atoms with Crippen LogP contribution in [0.3, 0.4) is 0 Å². The van der Waals surface area contributed by atoms with Crippen LogP contribution in [0.5, 0.6) is 0 Å². The molecule has 2 amide bonds. The lowest BCUT2D eigenvalue weighted by Crippen LogP contribution is -2.42. The van der Waals surface area contributed by atoms with Gasteiger partial charge in [-0.15, -0.1) is 0 Å². The molecule has 2 heterocycles. The minimum Gasteiger partial charge on any atom is -0.368 e. The molecule has 6 nitrogen and oxygen atoms in total. The van der Waals surface area contributed by atoms with Crippen molar-refractivity contribution in [1.29, 1.82) is 0 Å². The molecule has 3 rings (SSSR count). The molecular weight excluding hydrogens is 349 g/mol. The molecule has 0 radical (unpaired) electrons. The Kier molecular flexibility index (Phi) is 7.18. The minimum absolute atomic E-state index is 0.0176. The SMILES string of the molecule is O=C(CN1CCCN(C(=O)[C@H]2CCCO2)CC1)NCCc1ccc(F)cc1. The summed E-state index contributed by atoms with van der Waals surface area (Å²) in [6.45, 7) is 4.41. The predicted molar refractivity (Wildman–Crippen MR) is 99.7 cm³/mol. The van der Waals surface area contributed by atoms with Crippen molar-refractivity contribution in [2.75, 3.05) is 45.9 Å². The average Bonchev–Trinajstić information content (AvgIpc) is 3.10. The normalized spacial score (nSPS) is 21.1. The van der Waals surface area contributed by atoms with Crippen LogP contribution in [0.1, 0.15) is 24.8 Å². The molecule has 1 aromatic carbocycles. The Labute approximate surface area is 159 Å². The first-order valence-electron chi connectivity index (χ1n) is 9.76. The van der Waals surface area contributed by atoms with Crippen LogP contribution in [0.4, 0.5) is 4.39 Å². The van der Waals surface area contributed by atoms with Crippen LogP contribution in [0, 0.1) is 5.82 Å². The summed E-state index contributed by atoms with van der Waals surface area (Å²) >= 11 is 0. The Bertz CT molecular complexity index is 632. The first-order chi connectivity index (χ1) is 13.1. The molecule has 0 bridgehead atoms. The predicted octanol–water partition coefficient (Wildman–Crippen LogP) is 1.20. The number of amides is 2. The summed E-state index contributed by atoms with van der Waals surface area (Å²) in [5.74, 6) is -0.176. The quantitative estimate of drug-likeness (QED) is 0.809. The van der Waals surface area contributed by atoms with Gasteiger partial charge in [0.1, 0.15) is 11.9 Å². The molecule has 2 saturated heterocycles. The largest absolute Gasteiger partial charge is 0.368 e. The van der Waals surface area contributed by atoms with Crippen molar-refractivity contribution >= 4 is 11.8 Å². The maximum atomic E-state index is 12.9. The van der Waals surface area contributed by atoms with Crippen LogP contribution in [-0.4, -0.2) is 73.6 Å². The van der Waals surface area contributed by atoms with E-state index in [0.29, 0.717) is 39.2 Å². The molecule has 27 heavy (non-hydrogen) atoms. The van der Waals surface area contributed by atoms with Crippen LogP contribution in [0.15, 0.2) is 24.3 Å². The van der Waals surface area contributed by atoms with Crippen LogP contribution in [0.2, 0.25) is 0 Å². The number of hydrogen-bond donors (Lipinski definition) is 1. The zero-order chi connectivity index (χ0) is 19.1. The zero-order valence-corrected chi connectivity index (χ0v) is 15.7. The van der Waals surface area contributed by atoms with E-state index >= 15 is 0 Å². The molecule has 0 aromatic heterocycles. The van der Waals surface area contributed by atoms with Gasteiger partial charge in [-0.3, -0.25) is 14.5 Å². The summed E-state index contributed by atoms with van der Waals surface area (Å²) in [6, 6.07) is 6.32. The van der Waals surface area contributed by atoms with Gasteiger partial charge >= 0.3 is 0 Å². The van der Waals surface area contributed by atoms with Crippen molar-refractivity contribution in [2.24, 2.45) is 0 Å². The van der Waals surface area contributed by atoms with E-state index in [-0.39, 0.29) is 23.7 Å². The van der Waals surface area contributed by atoms with Gasteiger partial charge in [0, 0.05) is 39.3 Å². The van der Waals surface area contributed by atoms with Gasteiger partial charge in [-0.1, -0.05) is 12.1 Å². The van der Waals surface area contributed by atoms with E-state index in [4.69, 9.17) is 4.74 Å². The molecule has 1 atom stereocenters. The van der Waals surface area contributed by atoms with Crippen LogP contribution in [0.25, 0.3) is 0 Å². The summed E-state index contributed by atoms with van der Waals surface area (Å²) in [5.41, 5.74) is 0.995. The number of ether oxygens (including phenoxy) is 1. The number of hydrogen-bond acceptors (Lipinski definition) is 4. The number of nitrogens with one attached hydrogen (secondary N) is 1. The van der Waals surface area contributed by atoms with E-state index in [1.54, 1.807) is 12.1 Å². The van der Waals surface area contributed by atoms with E-state index in [0.717, 1.165) is 37.9 Å². The number of carbonyl (C=O) groups is 2. The van der Waals surface area contributed by atoms with Gasteiger partial charge in [0.15, 0.2) is 0 Å². The second-order valence-electron chi connectivity index (χ2n) is 7.18. The highest BCUT2D eigenvalue weighted by molar-refractivity contribution is 5.81. The van der Waals surface area contributed by atoms with Crippen molar-refractivity contribution in [1.82, 2.24) is 15.1 Å². The van der Waals surface area contributed by atoms with E-state index in [1.165, 1.54) is 12.1 Å². The minimum atomic E-state index is -0.272. The fourth-order valence-electron chi connectivity index (χ4n) is 3.58. The summed E-state index contributed by atoms with van der Waals surface area (Å²) in [7, 11) is 0. The first kappa shape index (κ1) is 19.8. The van der Waals surface area contributed by atoms with Gasteiger partial charge in [-0.25, -0.2) is 4.39 Å². The molecule has 2 aliphatic rings. The molecule has 148 valence electrons. The number of nitrogens with zero attached hydrogens (tertiary/aromatic N) is 2. The van der Waals surface area contributed by atoms with Gasteiger partial charge in [0.2, 0.25) is 5.91 Å². The Morgan fingerprint density at radius 2 is 1.93 bits per heavy atom. The standard InChI is InChI=1S/C20H28FN3O3/c21-17-6-4-16(5-7-17)8-9-22-19(25)15-23-10-2-11-24(13-12-23)20(26)18-3-1-14-27-18/h4-7,18H,1-3,8-15H2,(H,22,25)/t18-/m1/s1. The van der Waals surface area contributed by atoms with Gasteiger partial charge < -0.3 is 15.0 Å². The topological polar surface area (TPSA) is 61.9 Å². The van der Waals surface area contributed by atoms with Crippen molar-refractivity contribution in [3.8, 4) is 0 Å². The number of rotatable bonds is 6. The van der Waals surface area contributed by atoms with Crippen molar-refractivity contribution in [2.45, 2.75) is 31.8 Å². The third kappa shape index (κ3) is 6.01. The van der Waals surface area contributed by atoms with Gasteiger partial charge in [0.25, 0.3) is 5.91 Å². The average molecular weight is 377 g/mol. The molecule has 0 aliphatic carbocycles. The zero-order valence-electron chi connectivity index (χ0n) is 15.7. The summed E-state index contributed by atoms with van der Waals surface area (Å²) in [4.78, 5) is 28.6. The molecule has 2 fully saturated rings. The fourth-order valence-corrected chi connectivity index (χ4v) is 3.58. The highest BCUT2D eigenvalue weighted by atomic mass is 19.1. The number of benzene rings is 1. The Morgan fingerprint density at radius 3 is 2.67 bits per heavy atom. The van der Waals surface area contributed by atoms with Gasteiger partial charge in [-0.05, 0) is 43.4 Å². The molecule has 0 unspecified atom stereocenters. The maximum absolute atomic E-state index is 12.9. The van der Waals surface area contributed by atoms with Crippen molar-refractivity contribution in [3.63, 3.8) is 0 Å². The highest BCUT2D eigenvalue weighted by Gasteiger charge is 2.29. The van der Waals surface area contributed by atoms with Crippen LogP contribution in [-0.2, 0) is 20.7 Å². The molecule has 1 aromatic rings. The Balaban J connectivity index is 1.37. The van der Waals surface area contributed by atoms with Crippen molar-refractivity contribution < 1.29 is 18.7 Å². The maximum Gasteiger partial charge on any atom is 0.251 e. The third-order valence-corrected chi connectivity index (χ3v) is 5.12. The highest BCUT2D eigenvalue weighted by Crippen LogP contribution is 2.16. The Morgan fingerprint density at radius 1 is 1.11 bits per heavy atom. The molecule has 1 N–H and O–H groups in total. The second kappa shape index (κ2) is 9.80. The van der Waals surface area contributed by atoms with E-state index in [1.807, 2.05) is 4.90 Å². The van der Waals surface area contributed by atoms with Gasteiger partial charge in [0.05, 0.1) is 6.54 Å². The second-order valence-corrected chi connectivity index (χ2v) is 7.18. The first-order valence-corrected chi connectivity index (χ1v) is 9.76. The lowest BCUT2D eigenvalue weighted by atomic mass is 10.1. The lowest BCUT2D eigenvalue weighted by molar-refractivity contribution is -0.140. The molecule has 0 spiro atoms. The summed E-state index contributed by atoms with van der Waals surface area (Å²) < 4.78 is 18.4. The number of carbonyl (C=O) groups excluding carboxylic acids is 2. The molecule has 0 saturated carbocycles. The summed E-state index contributed by atoms with van der Waals surface area (Å²) in [5, 5.41) is 2.92. The molecular formula is C20H28FN3O3. The van der Waals surface area contributed by atoms with E-state index in [9.17, 15) is 14.0 Å². The lowest BCUT2D eigenvalue weighted by Gasteiger charge is -2.24. The summed E-state index contributed by atoms with van der Waals surface area (Å²) in [6.07, 6.45) is 3.03. The number of halogens is 1. The van der Waals surface area contributed by atoms with Gasteiger partial charge in [-0.2, -0.15) is 0 Å². The molecule has 7 heteroatoms. The van der Waals surface area contributed by atoms with Crippen LogP contribution >= 0.6 is 0 Å². The van der Waals surface area contributed by atoms with Crippen LogP contribution < -0.4 is 5.32 Å². The Hall–Kier alpha value is -1.99. The monoisotopic (exact) mass is 377 g/mol.